The van der Waals surface area contributed by atoms with E-state index < -0.39 is 0 Å². The summed E-state index contributed by atoms with van der Waals surface area (Å²) in [5.74, 6) is 0.732. The Morgan fingerprint density at radius 1 is 1.50 bits per heavy atom. The summed E-state index contributed by atoms with van der Waals surface area (Å²) in [5.41, 5.74) is 0.634. The van der Waals surface area contributed by atoms with Gasteiger partial charge in [0.05, 0.1) is 5.69 Å². The number of para-hydroxylation sites is 2. The van der Waals surface area contributed by atoms with Crippen LogP contribution < -0.4 is 10.1 Å². The van der Waals surface area contributed by atoms with E-state index >= 15 is 0 Å². The number of ether oxygens (including phenoxy) is 1. The van der Waals surface area contributed by atoms with Crippen LogP contribution in [-0.4, -0.2) is 12.5 Å². The Bertz CT molecular complexity index is 433. The van der Waals surface area contributed by atoms with Gasteiger partial charge in [-0.25, -0.2) is 0 Å². The fraction of sp³-hybridized carbons (Fsp3) is 0.333. The predicted octanol–water partition coefficient (Wildman–Crippen LogP) is 1.94. The van der Waals surface area contributed by atoms with Crippen molar-refractivity contribution < 1.29 is 9.53 Å². The van der Waals surface area contributed by atoms with Crippen LogP contribution in [0.3, 0.4) is 0 Å². The van der Waals surface area contributed by atoms with Gasteiger partial charge in [-0.1, -0.05) is 12.1 Å². The molecule has 4 nitrogen and oxygen atoms in total. The SMILES string of the molecule is N#CCOc1ccccc1NC(=O)C1CC1. The largest absolute Gasteiger partial charge is 0.477 e. The van der Waals surface area contributed by atoms with Crippen molar-refractivity contribution in [2.45, 2.75) is 12.8 Å². The molecule has 0 saturated heterocycles. The van der Waals surface area contributed by atoms with Crippen LogP contribution >= 0.6 is 0 Å². The summed E-state index contributed by atoms with van der Waals surface area (Å²) in [6.45, 7) is -0.0175. The summed E-state index contributed by atoms with van der Waals surface area (Å²) in [6, 6.07) is 9.03. The maximum absolute atomic E-state index is 11.6. The number of amides is 1. The van der Waals surface area contributed by atoms with E-state index in [4.69, 9.17) is 10.00 Å². The molecule has 0 bridgehead atoms. The van der Waals surface area contributed by atoms with Gasteiger partial charge in [0.25, 0.3) is 0 Å². The van der Waals surface area contributed by atoms with Crippen LogP contribution in [0.15, 0.2) is 24.3 Å². The lowest BCUT2D eigenvalue weighted by Gasteiger charge is -2.09. The number of carbonyl (C=O) groups excluding carboxylic acids is 1. The first kappa shape index (κ1) is 10.5. The van der Waals surface area contributed by atoms with Crippen LogP contribution in [0.5, 0.6) is 5.75 Å². The van der Waals surface area contributed by atoms with Gasteiger partial charge in [0.15, 0.2) is 6.61 Å². The third-order valence-electron chi connectivity index (χ3n) is 2.39. The molecular weight excluding hydrogens is 204 g/mol. The summed E-state index contributed by atoms with van der Waals surface area (Å²) in [7, 11) is 0. The van der Waals surface area contributed by atoms with Gasteiger partial charge in [-0.3, -0.25) is 4.79 Å². The van der Waals surface area contributed by atoms with Crippen molar-refractivity contribution in [3.63, 3.8) is 0 Å². The Kier molecular flexibility index (Phi) is 3.06. The molecule has 2 rings (SSSR count). The van der Waals surface area contributed by atoms with Crippen molar-refractivity contribution in [2.24, 2.45) is 5.92 Å². The second-order valence-corrected chi connectivity index (χ2v) is 3.71. The highest BCUT2D eigenvalue weighted by atomic mass is 16.5. The molecule has 0 unspecified atom stereocenters. The quantitative estimate of drug-likeness (QED) is 0.836. The molecule has 0 aliphatic heterocycles. The van der Waals surface area contributed by atoms with Crippen LogP contribution in [0.2, 0.25) is 0 Å². The lowest BCUT2D eigenvalue weighted by molar-refractivity contribution is -0.117. The smallest absolute Gasteiger partial charge is 0.227 e. The number of anilines is 1. The van der Waals surface area contributed by atoms with Gasteiger partial charge >= 0.3 is 0 Å². The first-order valence-electron chi connectivity index (χ1n) is 5.21. The molecule has 0 heterocycles. The van der Waals surface area contributed by atoms with Crippen molar-refractivity contribution in [2.75, 3.05) is 11.9 Å². The molecule has 0 radical (unpaired) electrons. The number of nitrogens with zero attached hydrogens (tertiary/aromatic N) is 1. The molecule has 1 aromatic rings. The number of hydrogen-bond acceptors (Lipinski definition) is 3. The molecule has 0 aromatic heterocycles. The topological polar surface area (TPSA) is 62.1 Å². The van der Waals surface area contributed by atoms with E-state index in [0.717, 1.165) is 12.8 Å². The van der Waals surface area contributed by atoms with Gasteiger partial charge in [0, 0.05) is 5.92 Å². The summed E-state index contributed by atoms with van der Waals surface area (Å²) in [5, 5.41) is 11.2. The Morgan fingerprint density at radius 2 is 2.25 bits per heavy atom. The van der Waals surface area contributed by atoms with E-state index in [1.54, 1.807) is 18.2 Å². The molecular formula is C12H12N2O2. The average Bonchev–Trinajstić information content (AvgIpc) is 3.11. The van der Waals surface area contributed by atoms with Crippen molar-refractivity contribution in [3.05, 3.63) is 24.3 Å². The normalized spacial score (nSPS) is 13.9. The number of benzene rings is 1. The van der Waals surface area contributed by atoms with Crippen molar-refractivity contribution in [3.8, 4) is 11.8 Å². The zero-order chi connectivity index (χ0) is 11.4. The molecule has 1 aliphatic rings. The van der Waals surface area contributed by atoms with E-state index in [9.17, 15) is 4.79 Å². The fourth-order valence-corrected chi connectivity index (χ4v) is 1.39. The standard InChI is InChI=1S/C12H12N2O2/c13-7-8-16-11-4-2-1-3-10(11)14-12(15)9-5-6-9/h1-4,9H,5-6,8H2,(H,14,15). The third kappa shape index (κ3) is 2.51. The highest BCUT2D eigenvalue weighted by Crippen LogP contribution is 2.32. The van der Waals surface area contributed by atoms with E-state index in [0.29, 0.717) is 11.4 Å². The van der Waals surface area contributed by atoms with Crippen molar-refractivity contribution in [1.82, 2.24) is 0 Å². The van der Waals surface area contributed by atoms with Crippen molar-refractivity contribution in [1.29, 1.82) is 5.26 Å². The summed E-state index contributed by atoms with van der Waals surface area (Å²) in [6.07, 6.45) is 1.93. The molecule has 1 aromatic carbocycles. The van der Waals surface area contributed by atoms with Gasteiger partial charge in [-0.05, 0) is 25.0 Å². The highest BCUT2D eigenvalue weighted by molar-refractivity contribution is 5.95. The minimum absolute atomic E-state index is 0.0175. The molecule has 1 amide bonds. The van der Waals surface area contributed by atoms with Crippen molar-refractivity contribution >= 4 is 11.6 Å². The number of nitriles is 1. The second-order valence-electron chi connectivity index (χ2n) is 3.71. The molecule has 0 spiro atoms. The molecule has 0 atom stereocenters. The van der Waals surface area contributed by atoms with Gasteiger partial charge in [-0.2, -0.15) is 5.26 Å². The summed E-state index contributed by atoms with van der Waals surface area (Å²) in [4.78, 5) is 11.6. The number of nitrogens with one attached hydrogen (secondary N) is 1. The molecule has 1 aliphatic carbocycles. The van der Waals surface area contributed by atoms with Gasteiger partial charge < -0.3 is 10.1 Å². The maximum atomic E-state index is 11.6. The van der Waals surface area contributed by atoms with E-state index in [2.05, 4.69) is 5.32 Å². The molecule has 16 heavy (non-hydrogen) atoms. The average molecular weight is 216 g/mol. The molecule has 1 N–H and O–H groups in total. The van der Waals surface area contributed by atoms with Crippen LogP contribution in [0.25, 0.3) is 0 Å². The van der Waals surface area contributed by atoms with E-state index in [1.165, 1.54) is 0 Å². The molecule has 82 valence electrons. The molecule has 1 saturated carbocycles. The van der Waals surface area contributed by atoms with E-state index in [1.807, 2.05) is 12.1 Å². The van der Waals surface area contributed by atoms with Crippen LogP contribution in [0.4, 0.5) is 5.69 Å². The Morgan fingerprint density at radius 3 is 2.94 bits per heavy atom. The second kappa shape index (κ2) is 4.67. The van der Waals surface area contributed by atoms with Gasteiger partial charge in [0.2, 0.25) is 5.91 Å². The first-order valence-corrected chi connectivity index (χ1v) is 5.21. The Labute approximate surface area is 93.8 Å². The Hall–Kier alpha value is -2.02. The summed E-state index contributed by atoms with van der Waals surface area (Å²) >= 11 is 0. The van der Waals surface area contributed by atoms with Crippen LogP contribution in [-0.2, 0) is 4.79 Å². The van der Waals surface area contributed by atoms with Crippen LogP contribution in [0.1, 0.15) is 12.8 Å². The van der Waals surface area contributed by atoms with Crippen LogP contribution in [0, 0.1) is 17.2 Å². The zero-order valence-electron chi connectivity index (χ0n) is 8.77. The monoisotopic (exact) mass is 216 g/mol. The predicted molar refractivity (Wildman–Crippen MR) is 58.9 cm³/mol. The van der Waals surface area contributed by atoms with Gasteiger partial charge in [0.1, 0.15) is 11.8 Å². The lowest BCUT2D eigenvalue weighted by Crippen LogP contribution is -2.14. The number of rotatable bonds is 4. The third-order valence-corrected chi connectivity index (χ3v) is 2.39. The maximum Gasteiger partial charge on any atom is 0.227 e. The number of hydrogen-bond donors (Lipinski definition) is 1. The zero-order valence-corrected chi connectivity index (χ0v) is 8.77. The molecule has 1 fully saturated rings. The van der Waals surface area contributed by atoms with E-state index in [-0.39, 0.29) is 18.4 Å². The molecule has 4 heteroatoms. The van der Waals surface area contributed by atoms with Gasteiger partial charge in [-0.15, -0.1) is 0 Å². The Balaban J connectivity index is 2.06. The highest BCUT2D eigenvalue weighted by Gasteiger charge is 2.29. The minimum Gasteiger partial charge on any atom is -0.477 e. The number of carbonyl (C=O) groups is 1. The lowest BCUT2D eigenvalue weighted by atomic mass is 10.2. The summed E-state index contributed by atoms with van der Waals surface area (Å²) < 4.78 is 5.21. The first-order chi connectivity index (χ1) is 7.81. The minimum atomic E-state index is -0.0175. The fourth-order valence-electron chi connectivity index (χ4n) is 1.39.